The predicted octanol–water partition coefficient (Wildman–Crippen LogP) is 3.19. The smallest absolute Gasteiger partial charge is 0.273 e. The van der Waals surface area contributed by atoms with E-state index in [9.17, 15) is 15.2 Å². The van der Waals surface area contributed by atoms with Gasteiger partial charge in [0, 0.05) is 24.1 Å². The average molecular weight is 362 g/mol. The van der Waals surface area contributed by atoms with Gasteiger partial charge in [0.15, 0.2) is 0 Å². The number of hydrogen-bond donors (Lipinski definition) is 1. The van der Waals surface area contributed by atoms with Gasteiger partial charge in [0.1, 0.15) is 18.5 Å². The van der Waals surface area contributed by atoms with E-state index in [0.717, 1.165) is 6.54 Å². The molecule has 0 saturated carbocycles. The summed E-state index contributed by atoms with van der Waals surface area (Å²) in [5, 5.41) is 20.9. The zero-order valence-electron chi connectivity index (χ0n) is 14.3. The summed E-state index contributed by atoms with van der Waals surface area (Å²) < 4.78 is 5.46. The molecule has 0 fully saturated rings. The monoisotopic (exact) mass is 362 g/mol. The molecule has 0 radical (unpaired) electrons. The third-order valence-corrected chi connectivity index (χ3v) is 4.35. The van der Waals surface area contributed by atoms with Gasteiger partial charge in [0.2, 0.25) is 0 Å². The minimum atomic E-state index is -0.685. The fourth-order valence-electron chi connectivity index (χ4n) is 2.40. The van der Waals surface area contributed by atoms with Gasteiger partial charge in [-0.2, -0.15) is 0 Å². The molecule has 0 aliphatic rings. The second kappa shape index (κ2) is 9.41. The van der Waals surface area contributed by atoms with Crippen LogP contribution in [-0.2, 0) is 6.54 Å². The molecule has 0 spiro atoms. The third-order valence-electron chi connectivity index (χ3n) is 3.60. The molecular weight excluding hydrogens is 340 g/mol. The Bertz CT molecular complexity index is 694. The van der Waals surface area contributed by atoms with E-state index in [2.05, 4.69) is 24.3 Å². The van der Waals surface area contributed by atoms with Crippen LogP contribution >= 0.6 is 11.8 Å². The molecule has 0 aliphatic carbocycles. The topological polar surface area (TPSA) is 75.8 Å². The standard InChI is InChI=1S/C18H22N2O4S/c1-19(11-14-6-8-18(25-2)9-7-14)12-16(21)13-24-17-5-3-4-15(10-17)20(22)23/h3-10,16,21H,11-13H2,1-2H3. The number of hydrogen-bond acceptors (Lipinski definition) is 6. The summed E-state index contributed by atoms with van der Waals surface area (Å²) in [6, 6.07) is 14.3. The zero-order chi connectivity index (χ0) is 18.2. The van der Waals surface area contributed by atoms with Crippen molar-refractivity contribution in [3.63, 3.8) is 0 Å². The van der Waals surface area contributed by atoms with E-state index in [-0.39, 0.29) is 12.3 Å². The molecule has 0 amide bonds. The number of rotatable bonds is 9. The van der Waals surface area contributed by atoms with Crippen molar-refractivity contribution in [2.45, 2.75) is 17.5 Å². The molecule has 2 aromatic carbocycles. The SMILES string of the molecule is CSc1ccc(CN(C)CC(O)COc2cccc([N+](=O)[O-])c2)cc1. The van der Waals surface area contributed by atoms with E-state index in [4.69, 9.17) is 4.74 Å². The molecular formula is C18H22N2O4S. The van der Waals surface area contributed by atoms with Crippen LogP contribution in [0.25, 0.3) is 0 Å². The number of benzene rings is 2. The van der Waals surface area contributed by atoms with Gasteiger partial charge >= 0.3 is 0 Å². The molecule has 0 heterocycles. The molecule has 7 heteroatoms. The van der Waals surface area contributed by atoms with E-state index >= 15 is 0 Å². The van der Waals surface area contributed by atoms with E-state index < -0.39 is 11.0 Å². The summed E-state index contributed by atoms with van der Waals surface area (Å²) in [5.74, 6) is 0.378. The lowest BCUT2D eigenvalue weighted by Crippen LogP contribution is -2.32. The Balaban J connectivity index is 1.79. The molecule has 25 heavy (non-hydrogen) atoms. The van der Waals surface area contributed by atoms with Crippen molar-refractivity contribution >= 4 is 17.4 Å². The molecule has 0 bridgehead atoms. The number of non-ortho nitro benzene ring substituents is 1. The molecule has 6 nitrogen and oxygen atoms in total. The lowest BCUT2D eigenvalue weighted by atomic mass is 10.2. The van der Waals surface area contributed by atoms with Crippen LogP contribution < -0.4 is 4.74 Å². The first-order chi connectivity index (χ1) is 12.0. The van der Waals surface area contributed by atoms with Crippen molar-refractivity contribution in [1.29, 1.82) is 0 Å². The predicted molar refractivity (Wildman–Crippen MR) is 99.2 cm³/mol. The first kappa shape index (κ1) is 19.2. The van der Waals surface area contributed by atoms with Gasteiger partial charge in [0.25, 0.3) is 5.69 Å². The summed E-state index contributed by atoms with van der Waals surface area (Å²) in [6.07, 6.45) is 1.36. The zero-order valence-corrected chi connectivity index (χ0v) is 15.1. The van der Waals surface area contributed by atoms with Crippen LogP contribution in [0.3, 0.4) is 0 Å². The normalized spacial score (nSPS) is 12.2. The number of thioether (sulfide) groups is 1. The van der Waals surface area contributed by atoms with Gasteiger partial charge in [-0.05, 0) is 37.1 Å². The highest BCUT2D eigenvalue weighted by molar-refractivity contribution is 7.98. The number of aliphatic hydroxyl groups excluding tert-OH is 1. The molecule has 134 valence electrons. The second-order valence-electron chi connectivity index (χ2n) is 5.76. The van der Waals surface area contributed by atoms with Crippen LogP contribution in [-0.4, -0.2) is 47.5 Å². The Morgan fingerprint density at radius 1 is 1.28 bits per heavy atom. The van der Waals surface area contributed by atoms with Crippen LogP contribution in [0.15, 0.2) is 53.4 Å². The maximum Gasteiger partial charge on any atom is 0.273 e. The number of nitrogens with zero attached hydrogens (tertiary/aromatic N) is 2. The van der Waals surface area contributed by atoms with Gasteiger partial charge in [0.05, 0.1) is 11.0 Å². The largest absolute Gasteiger partial charge is 0.491 e. The molecule has 0 aromatic heterocycles. The van der Waals surface area contributed by atoms with Crippen LogP contribution in [0, 0.1) is 10.1 Å². The van der Waals surface area contributed by atoms with Crippen LogP contribution in [0.4, 0.5) is 5.69 Å². The Labute approximate surface area is 151 Å². The number of aliphatic hydroxyl groups is 1. The fraction of sp³-hybridized carbons (Fsp3) is 0.333. The number of nitro benzene ring substituents is 1. The van der Waals surface area contributed by atoms with E-state index in [1.807, 2.05) is 18.2 Å². The highest BCUT2D eigenvalue weighted by Gasteiger charge is 2.11. The van der Waals surface area contributed by atoms with Crippen molar-refractivity contribution < 1.29 is 14.8 Å². The summed E-state index contributed by atoms with van der Waals surface area (Å²) in [4.78, 5) is 13.5. The van der Waals surface area contributed by atoms with Gasteiger partial charge in [-0.25, -0.2) is 0 Å². The number of likely N-dealkylation sites (N-methyl/N-ethyl adjacent to an activating group) is 1. The minimum Gasteiger partial charge on any atom is -0.491 e. The maximum absolute atomic E-state index is 10.7. The molecule has 0 saturated heterocycles. The summed E-state index contributed by atoms with van der Waals surface area (Å²) >= 11 is 1.70. The molecule has 2 rings (SSSR count). The average Bonchev–Trinajstić information content (AvgIpc) is 2.60. The number of nitro groups is 1. The van der Waals surface area contributed by atoms with Gasteiger partial charge in [-0.1, -0.05) is 18.2 Å². The molecule has 2 aromatic rings. The highest BCUT2D eigenvalue weighted by Crippen LogP contribution is 2.19. The molecule has 1 atom stereocenters. The third kappa shape index (κ3) is 6.38. The Morgan fingerprint density at radius 3 is 2.64 bits per heavy atom. The van der Waals surface area contributed by atoms with Crippen molar-refractivity contribution in [3.05, 3.63) is 64.2 Å². The van der Waals surface area contributed by atoms with E-state index in [1.54, 1.807) is 23.9 Å². The van der Waals surface area contributed by atoms with Gasteiger partial charge in [-0.15, -0.1) is 11.8 Å². The first-order valence-electron chi connectivity index (χ1n) is 7.84. The fourth-order valence-corrected chi connectivity index (χ4v) is 2.81. The molecule has 1 N–H and O–H groups in total. The van der Waals surface area contributed by atoms with Crippen molar-refractivity contribution in [2.24, 2.45) is 0 Å². The van der Waals surface area contributed by atoms with Crippen LogP contribution in [0.2, 0.25) is 0 Å². The Hall–Kier alpha value is -2.09. The van der Waals surface area contributed by atoms with Gasteiger partial charge in [-0.3, -0.25) is 15.0 Å². The highest BCUT2D eigenvalue weighted by atomic mass is 32.2. The molecule has 0 aliphatic heterocycles. The lowest BCUT2D eigenvalue weighted by molar-refractivity contribution is -0.384. The van der Waals surface area contributed by atoms with E-state index in [1.165, 1.54) is 22.6 Å². The Kier molecular flexibility index (Phi) is 7.24. The van der Waals surface area contributed by atoms with Crippen molar-refractivity contribution in [2.75, 3.05) is 26.5 Å². The lowest BCUT2D eigenvalue weighted by Gasteiger charge is -2.21. The number of ether oxygens (including phenoxy) is 1. The minimum absolute atomic E-state index is 0.0298. The van der Waals surface area contributed by atoms with Crippen LogP contribution in [0.1, 0.15) is 5.56 Å². The quantitative estimate of drug-likeness (QED) is 0.419. The molecule has 1 unspecified atom stereocenters. The maximum atomic E-state index is 10.7. The van der Waals surface area contributed by atoms with Gasteiger partial charge < -0.3 is 9.84 Å². The van der Waals surface area contributed by atoms with E-state index in [0.29, 0.717) is 12.3 Å². The summed E-state index contributed by atoms with van der Waals surface area (Å²) in [6.45, 7) is 1.25. The Morgan fingerprint density at radius 2 is 2.00 bits per heavy atom. The van der Waals surface area contributed by atoms with Crippen molar-refractivity contribution in [3.8, 4) is 5.75 Å². The summed E-state index contributed by atoms with van der Waals surface area (Å²) in [7, 11) is 1.93. The second-order valence-corrected chi connectivity index (χ2v) is 6.64. The first-order valence-corrected chi connectivity index (χ1v) is 9.07. The van der Waals surface area contributed by atoms with Crippen molar-refractivity contribution in [1.82, 2.24) is 4.90 Å². The van der Waals surface area contributed by atoms with Crippen LogP contribution in [0.5, 0.6) is 5.75 Å². The summed E-state index contributed by atoms with van der Waals surface area (Å²) in [5.41, 5.74) is 1.14.